The summed E-state index contributed by atoms with van der Waals surface area (Å²) in [6.45, 7) is 0. The van der Waals surface area contributed by atoms with Crippen molar-refractivity contribution in [2.75, 3.05) is 7.11 Å². The van der Waals surface area contributed by atoms with Gasteiger partial charge in [0, 0.05) is 5.39 Å². The Balaban J connectivity index is 2.28. The van der Waals surface area contributed by atoms with E-state index >= 15 is 0 Å². The van der Waals surface area contributed by atoms with Crippen molar-refractivity contribution in [1.29, 1.82) is 0 Å². The van der Waals surface area contributed by atoms with Crippen LogP contribution in [0.3, 0.4) is 0 Å². The number of para-hydroxylation sites is 1. The van der Waals surface area contributed by atoms with E-state index in [1.165, 1.54) is 19.2 Å². The summed E-state index contributed by atoms with van der Waals surface area (Å²) in [5.41, 5.74) is 0.682. The summed E-state index contributed by atoms with van der Waals surface area (Å²) >= 11 is 0. The van der Waals surface area contributed by atoms with E-state index in [2.05, 4.69) is 0 Å². The van der Waals surface area contributed by atoms with Gasteiger partial charge in [0.05, 0.1) is 12.7 Å². The SMILES string of the molecule is COc1cccc2cc(-c3cccc(F)c3)c(=O)oc12. The Hall–Kier alpha value is -2.62. The van der Waals surface area contributed by atoms with Crippen molar-refractivity contribution >= 4 is 11.0 Å². The monoisotopic (exact) mass is 270 g/mol. The Morgan fingerprint density at radius 3 is 2.65 bits per heavy atom. The van der Waals surface area contributed by atoms with Crippen LogP contribution >= 0.6 is 0 Å². The van der Waals surface area contributed by atoms with Gasteiger partial charge in [-0.3, -0.25) is 0 Å². The van der Waals surface area contributed by atoms with E-state index in [0.29, 0.717) is 22.5 Å². The van der Waals surface area contributed by atoms with Crippen LogP contribution in [0, 0.1) is 5.82 Å². The number of hydrogen-bond acceptors (Lipinski definition) is 3. The van der Waals surface area contributed by atoms with Gasteiger partial charge in [-0.15, -0.1) is 0 Å². The molecular formula is C16H11FO3. The molecule has 100 valence electrons. The van der Waals surface area contributed by atoms with Crippen LogP contribution in [0.25, 0.3) is 22.1 Å². The fourth-order valence-corrected chi connectivity index (χ4v) is 2.14. The first-order chi connectivity index (χ1) is 9.69. The number of rotatable bonds is 2. The quantitative estimate of drug-likeness (QED) is 0.668. The van der Waals surface area contributed by atoms with E-state index in [-0.39, 0.29) is 0 Å². The van der Waals surface area contributed by atoms with Crippen molar-refractivity contribution in [3.8, 4) is 16.9 Å². The predicted molar refractivity (Wildman–Crippen MR) is 74.4 cm³/mol. The molecule has 0 radical (unpaired) electrons. The molecule has 3 nitrogen and oxygen atoms in total. The van der Waals surface area contributed by atoms with Gasteiger partial charge in [0.25, 0.3) is 0 Å². The topological polar surface area (TPSA) is 39.4 Å². The lowest BCUT2D eigenvalue weighted by molar-refractivity contribution is 0.407. The molecule has 0 fully saturated rings. The van der Waals surface area contributed by atoms with Crippen molar-refractivity contribution in [3.05, 3.63) is 64.8 Å². The normalized spacial score (nSPS) is 10.7. The maximum Gasteiger partial charge on any atom is 0.344 e. The molecule has 1 heterocycles. The molecule has 0 aliphatic heterocycles. The maximum atomic E-state index is 13.3. The lowest BCUT2D eigenvalue weighted by atomic mass is 10.1. The molecule has 1 aromatic heterocycles. The Kier molecular flexibility index (Phi) is 2.99. The summed E-state index contributed by atoms with van der Waals surface area (Å²) in [5.74, 6) is 0.0954. The van der Waals surface area contributed by atoms with E-state index in [4.69, 9.17) is 9.15 Å². The molecule has 0 saturated carbocycles. The second-order valence-corrected chi connectivity index (χ2v) is 4.34. The zero-order valence-electron chi connectivity index (χ0n) is 10.7. The van der Waals surface area contributed by atoms with E-state index in [9.17, 15) is 9.18 Å². The molecule has 2 aromatic carbocycles. The fourth-order valence-electron chi connectivity index (χ4n) is 2.14. The molecule has 0 atom stereocenters. The van der Waals surface area contributed by atoms with Crippen molar-refractivity contribution in [2.24, 2.45) is 0 Å². The number of ether oxygens (including phenoxy) is 1. The molecule has 0 N–H and O–H groups in total. The molecular weight excluding hydrogens is 259 g/mol. The van der Waals surface area contributed by atoms with Crippen LogP contribution in [-0.4, -0.2) is 7.11 Å². The highest BCUT2D eigenvalue weighted by Crippen LogP contribution is 2.27. The number of fused-ring (bicyclic) bond motifs is 1. The zero-order chi connectivity index (χ0) is 14.1. The van der Waals surface area contributed by atoms with Crippen molar-refractivity contribution in [1.82, 2.24) is 0 Å². The molecule has 0 spiro atoms. The summed E-state index contributed by atoms with van der Waals surface area (Å²) in [7, 11) is 1.51. The van der Waals surface area contributed by atoms with Gasteiger partial charge < -0.3 is 9.15 Å². The first kappa shape index (κ1) is 12.4. The van der Waals surface area contributed by atoms with Gasteiger partial charge in [-0.2, -0.15) is 0 Å². The average Bonchev–Trinajstić information content (AvgIpc) is 2.46. The third-order valence-corrected chi connectivity index (χ3v) is 3.08. The minimum atomic E-state index is -0.521. The summed E-state index contributed by atoms with van der Waals surface area (Å²) in [6, 6.07) is 12.9. The molecule has 0 aliphatic rings. The highest BCUT2D eigenvalue weighted by Gasteiger charge is 2.11. The summed E-state index contributed by atoms with van der Waals surface area (Å²) in [4.78, 5) is 12.1. The minimum absolute atomic E-state index is 0.324. The molecule has 3 aromatic rings. The van der Waals surface area contributed by atoms with Gasteiger partial charge in [0.2, 0.25) is 0 Å². The number of halogens is 1. The maximum absolute atomic E-state index is 13.3. The van der Waals surface area contributed by atoms with Gasteiger partial charge in [-0.1, -0.05) is 24.3 Å². The second kappa shape index (κ2) is 4.81. The average molecular weight is 270 g/mol. The predicted octanol–water partition coefficient (Wildman–Crippen LogP) is 3.61. The lowest BCUT2D eigenvalue weighted by Crippen LogP contribution is -2.03. The van der Waals surface area contributed by atoms with Gasteiger partial charge in [0.1, 0.15) is 5.82 Å². The third kappa shape index (κ3) is 2.05. The standard InChI is InChI=1S/C16H11FO3/c1-19-14-7-3-5-11-9-13(16(18)20-15(11)14)10-4-2-6-12(17)8-10/h2-9H,1H3. The first-order valence-corrected chi connectivity index (χ1v) is 6.06. The van der Waals surface area contributed by atoms with Crippen molar-refractivity contribution in [3.63, 3.8) is 0 Å². The van der Waals surface area contributed by atoms with Crippen molar-refractivity contribution < 1.29 is 13.5 Å². The van der Waals surface area contributed by atoms with Gasteiger partial charge >= 0.3 is 5.63 Å². The number of methoxy groups -OCH3 is 1. The van der Waals surface area contributed by atoms with Crippen LogP contribution in [-0.2, 0) is 0 Å². The molecule has 0 unspecified atom stereocenters. The van der Waals surface area contributed by atoms with Crippen LogP contribution in [0.4, 0.5) is 4.39 Å². The van der Waals surface area contributed by atoms with Gasteiger partial charge in [-0.05, 0) is 29.8 Å². The Bertz CT molecular complexity index is 836. The van der Waals surface area contributed by atoms with Gasteiger partial charge in [0.15, 0.2) is 11.3 Å². The molecule has 0 saturated heterocycles. The van der Waals surface area contributed by atoms with Crippen LogP contribution in [0.15, 0.2) is 57.7 Å². The lowest BCUT2D eigenvalue weighted by Gasteiger charge is -2.06. The third-order valence-electron chi connectivity index (χ3n) is 3.08. The molecule has 0 bridgehead atoms. The Morgan fingerprint density at radius 2 is 1.90 bits per heavy atom. The van der Waals surface area contributed by atoms with Gasteiger partial charge in [-0.25, -0.2) is 9.18 Å². The number of hydrogen-bond donors (Lipinski definition) is 0. The zero-order valence-corrected chi connectivity index (χ0v) is 10.7. The smallest absolute Gasteiger partial charge is 0.344 e. The van der Waals surface area contributed by atoms with E-state index in [1.807, 2.05) is 6.07 Å². The Morgan fingerprint density at radius 1 is 1.10 bits per heavy atom. The minimum Gasteiger partial charge on any atom is -0.493 e. The summed E-state index contributed by atoms with van der Waals surface area (Å²) in [6.07, 6.45) is 0. The molecule has 0 amide bonds. The fraction of sp³-hybridized carbons (Fsp3) is 0.0625. The highest BCUT2D eigenvalue weighted by atomic mass is 19.1. The second-order valence-electron chi connectivity index (χ2n) is 4.34. The summed E-state index contributed by atoms with van der Waals surface area (Å²) in [5, 5.41) is 0.725. The van der Waals surface area contributed by atoms with Crippen LogP contribution in [0.2, 0.25) is 0 Å². The van der Waals surface area contributed by atoms with E-state index in [1.54, 1.807) is 30.3 Å². The van der Waals surface area contributed by atoms with E-state index in [0.717, 1.165) is 5.39 Å². The summed E-state index contributed by atoms with van der Waals surface area (Å²) < 4.78 is 23.7. The number of benzene rings is 2. The highest BCUT2D eigenvalue weighted by molar-refractivity contribution is 5.86. The molecule has 0 aliphatic carbocycles. The molecule has 3 rings (SSSR count). The Labute approximate surface area is 114 Å². The van der Waals surface area contributed by atoms with Crippen molar-refractivity contribution in [2.45, 2.75) is 0 Å². The van der Waals surface area contributed by atoms with Crippen LogP contribution in [0.1, 0.15) is 0 Å². The van der Waals surface area contributed by atoms with E-state index < -0.39 is 11.4 Å². The van der Waals surface area contributed by atoms with Crippen LogP contribution in [0.5, 0.6) is 5.75 Å². The largest absolute Gasteiger partial charge is 0.493 e. The molecule has 4 heteroatoms. The molecule has 20 heavy (non-hydrogen) atoms. The van der Waals surface area contributed by atoms with Crippen LogP contribution < -0.4 is 10.4 Å². The first-order valence-electron chi connectivity index (χ1n) is 6.06.